The van der Waals surface area contributed by atoms with Gasteiger partial charge in [-0.2, -0.15) is 0 Å². The van der Waals surface area contributed by atoms with Gasteiger partial charge >= 0.3 is 0 Å². The van der Waals surface area contributed by atoms with Gasteiger partial charge in [-0.05, 0) is 73.0 Å². The standard InChI is InChI=1S/C19H31FO2/c1-18-7-4-3-5-11(18)9-15(21)16-12(18)6-8-19(2)13(16)10-14(20)17(19)22/h11-17,21-22H,3-10H2,1-2H3/t11-,12-,13-,14+,15-,16+,17-,18-,19-/m0/s1. The minimum atomic E-state index is -1.10. The Morgan fingerprint density at radius 2 is 1.68 bits per heavy atom. The second-order valence-corrected chi connectivity index (χ2v) is 9.28. The van der Waals surface area contributed by atoms with Crippen molar-refractivity contribution in [3.63, 3.8) is 0 Å². The maximum atomic E-state index is 14.2. The van der Waals surface area contributed by atoms with Crippen molar-refractivity contribution in [1.82, 2.24) is 0 Å². The number of hydrogen-bond donors (Lipinski definition) is 2. The van der Waals surface area contributed by atoms with Crippen LogP contribution in [-0.2, 0) is 0 Å². The van der Waals surface area contributed by atoms with E-state index < -0.39 is 12.3 Å². The maximum absolute atomic E-state index is 14.2. The molecule has 4 rings (SSSR count). The van der Waals surface area contributed by atoms with Crippen molar-refractivity contribution >= 4 is 0 Å². The predicted molar refractivity (Wildman–Crippen MR) is 84.0 cm³/mol. The van der Waals surface area contributed by atoms with E-state index >= 15 is 0 Å². The van der Waals surface area contributed by atoms with E-state index in [0.717, 1.165) is 19.3 Å². The Morgan fingerprint density at radius 3 is 2.45 bits per heavy atom. The number of aliphatic hydroxyl groups excluding tert-OH is 2. The molecule has 4 saturated carbocycles. The molecule has 0 unspecified atom stereocenters. The zero-order chi connectivity index (χ0) is 15.7. The van der Waals surface area contributed by atoms with Gasteiger partial charge in [-0.1, -0.05) is 26.7 Å². The predicted octanol–water partition coefficient (Wildman–Crippen LogP) is 3.70. The van der Waals surface area contributed by atoms with Crippen molar-refractivity contribution < 1.29 is 14.6 Å². The van der Waals surface area contributed by atoms with Crippen LogP contribution in [0.2, 0.25) is 0 Å². The van der Waals surface area contributed by atoms with Crippen molar-refractivity contribution in [1.29, 1.82) is 0 Å². The van der Waals surface area contributed by atoms with Crippen LogP contribution in [0.25, 0.3) is 0 Å². The second kappa shape index (κ2) is 4.92. The first kappa shape index (κ1) is 15.4. The van der Waals surface area contributed by atoms with Crippen molar-refractivity contribution in [2.24, 2.45) is 34.5 Å². The van der Waals surface area contributed by atoms with E-state index in [1.807, 2.05) is 0 Å². The Balaban J connectivity index is 1.70. The Bertz CT molecular complexity index is 455. The molecule has 0 aromatic heterocycles. The summed E-state index contributed by atoms with van der Waals surface area (Å²) in [6.07, 6.45) is 6.27. The van der Waals surface area contributed by atoms with E-state index in [1.165, 1.54) is 25.7 Å². The summed E-state index contributed by atoms with van der Waals surface area (Å²) < 4.78 is 14.2. The van der Waals surface area contributed by atoms with E-state index in [9.17, 15) is 14.6 Å². The summed E-state index contributed by atoms with van der Waals surface area (Å²) >= 11 is 0. The molecule has 9 atom stereocenters. The van der Waals surface area contributed by atoms with Crippen molar-refractivity contribution in [2.45, 2.75) is 83.6 Å². The molecule has 4 aliphatic carbocycles. The van der Waals surface area contributed by atoms with Gasteiger partial charge in [0, 0.05) is 0 Å². The van der Waals surface area contributed by atoms with Crippen molar-refractivity contribution in [2.75, 3.05) is 0 Å². The van der Waals surface area contributed by atoms with Crippen LogP contribution in [-0.4, -0.2) is 28.6 Å². The topological polar surface area (TPSA) is 40.5 Å². The Hall–Kier alpha value is -0.150. The molecule has 4 aliphatic rings. The van der Waals surface area contributed by atoms with E-state index in [4.69, 9.17) is 0 Å². The van der Waals surface area contributed by atoms with Crippen LogP contribution in [0, 0.1) is 34.5 Å². The van der Waals surface area contributed by atoms with Crippen LogP contribution in [0.15, 0.2) is 0 Å². The van der Waals surface area contributed by atoms with Gasteiger partial charge in [-0.15, -0.1) is 0 Å². The van der Waals surface area contributed by atoms with Gasteiger partial charge in [-0.25, -0.2) is 4.39 Å². The van der Waals surface area contributed by atoms with Gasteiger partial charge in [0.1, 0.15) is 6.17 Å². The third-order valence-electron chi connectivity index (χ3n) is 8.54. The van der Waals surface area contributed by atoms with Crippen LogP contribution in [0.1, 0.15) is 65.2 Å². The van der Waals surface area contributed by atoms with Crippen LogP contribution in [0.3, 0.4) is 0 Å². The molecule has 2 N–H and O–H groups in total. The molecule has 22 heavy (non-hydrogen) atoms. The molecule has 0 aliphatic heterocycles. The molecule has 0 saturated heterocycles. The lowest BCUT2D eigenvalue weighted by Crippen LogP contribution is -2.58. The van der Waals surface area contributed by atoms with Crippen LogP contribution < -0.4 is 0 Å². The molecule has 0 spiro atoms. The molecule has 0 amide bonds. The molecule has 0 heterocycles. The number of hydrogen-bond acceptors (Lipinski definition) is 2. The molecule has 0 radical (unpaired) electrons. The number of halogens is 1. The van der Waals surface area contributed by atoms with Gasteiger partial charge in [0.25, 0.3) is 0 Å². The molecule has 3 heteroatoms. The molecule has 2 nitrogen and oxygen atoms in total. The summed E-state index contributed by atoms with van der Waals surface area (Å²) in [5.41, 5.74) is 0.0161. The Labute approximate surface area is 133 Å². The van der Waals surface area contributed by atoms with Crippen LogP contribution in [0.4, 0.5) is 4.39 Å². The highest BCUT2D eigenvalue weighted by Crippen LogP contribution is 2.66. The van der Waals surface area contributed by atoms with E-state index in [2.05, 4.69) is 13.8 Å². The largest absolute Gasteiger partial charge is 0.393 e. The SMILES string of the molecule is C[C@]12CCCC[C@H]1C[C@H](O)[C@@H]1[C@@H]2CC[C@]2(C)[C@@H](O)[C@H](F)C[C@@H]12. The smallest absolute Gasteiger partial charge is 0.127 e. The average Bonchev–Trinajstić information content (AvgIpc) is 2.71. The van der Waals surface area contributed by atoms with E-state index in [-0.39, 0.29) is 23.4 Å². The third-order valence-corrected chi connectivity index (χ3v) is 8.54. The molecule has 4 fully saturated rings. The van der Waals surface area contributed by atoms with Gasteiger partial charge in [0.2, 0.25) is 0 Å². The summed E-state index contributed by atoms with van der Waals surface area (Å²) in [5.74, 6) is 1.53. The lowest BCUT2D eigenvalue weighted by molar-refractivity contribution is -0.168. The molecule has 0 bridgehead atoms. The number of aliphatic hydroxyl groups is 2. The van der Waals surface area contributed by atoms with Crippen LogP contribution in [0.5, 0.6) is 0 Å². The first-order chi connectivity index (χ1) is 10.4. The lowest BCUT2D eigenvalue weighted by atomic mass is 9.44. The van der Waals surface area contributed by atoms with E-state index in [0.29, 0.717) is 23.7 Å². The number of alkyl halides is 1. The van der Waals surface area contributed by atoms with Crippen molar-refractivity contribution in [3.8, 4) is 0 Å². The normalized spacial score (nSPS) is 61.2. The highest BCUT2D eigenvalue weighted by atomic mass is 19.1. The number of fused-ring (bicyclic) bond motifs is 5. The monoisotopic (exact) mass is 310 g/mol. The summed E-state index contributed by atoms with van der Waals surface area (Å²) in [6.45, 7) is 4.52. The Morgan fingerprint density at radius 1 is 0.909 bits per heavy atom. The lowest BCUT2D eigenvalue weighted by Gasteiger charge is -2.61. The number of rotatable bonds is 0. The molecule has 126 valence electrons. The molecular formula is C19H31FO2. The highest BCUT2D eigenvalue weighted by molar-refractivity contribution is 5.12. The Kier molecular flexibility index (Phi) is 3.44. The van der Waals surface area contributed by atoms with Crippen molar-refractivity contribution in [3.05, 3.63) is 0 Å². The minimum Gasteiger partial charge on any atom is -0.393 e. The first-order valence-corrected chi connectivity index (χ1v) is 9.38. The summed E-state index contributed by atoms with van der Waals surface area (Å²) in [6, 6.07) is 0. The minimum absolute atomic E-state index is 0.158. The second-order valence-electron chi connectivity index (χ2n) is 9.28. The van der Waals surface area contributed by atoms with Gasteiger partial charge < -0.3 is 10.2 Å². The van der Waals surface area contributed by atoms with Gasteiger partial charge in [0.05, 0.1) is 12.2 Å². The highest BCUT2D eigenvalue weighted by Gasteiger charge is 2.64. The zero-order valence-electron chi connectivity index (χ0n) is 14.0. The molecule has 0 aromatic rings. The van der Waals surface area contributed by atoms with Gasteiger partial charge in [-0.3, -0.25) is 0 Å². The molecular weight excluding hydrogens is 279 g/mol. The van der Waals surface area contributed by atoms with Gasteiger partial charge in [0.15, 0.2) is 0 Å². The third kappa shape index (κ3) is 1.84. The zero-order valence-corrected chi connectivity index (χ0v) is 14.0. The summed E-state index contributed by atoms with van der Waals surface area (Å²) in [7, 11) is 0. The maximum Gasteiger partial charge on any atom is 0.127 e. The summed E-state index contributed by atoms with van der Waals surface area (Å²) in [5, 5.41) is 21.3. The van der Waals surface area contributed by atoms with Crippen LogP contribution >= 0.6 is 0 Å². The first-order valence-electron chi connectivity index (χ1n) is 9.38. The summed E-state index contributed by atoms with van der Waals surface area (Å²) in [4.78, 5) is 0. The van der Waals surface area contributed by atoms with E-state index in [1.54, 1.807) is 0 Å². The quantitative estimate of drug-likeness (QED) is 0.716. The fourth-order valence-corrected chi connectivity index (χ4v) is 7.20. The average molecular weight is 310 g/mol. The fraction of sp³-hybridized carbons (Fsp3) is 1.00. The fourth-order valence-electron chi connectivity index (χ4n) is 7.20. The molecule has 0 aromatic carbocycles.